The molecule has 0 spiro atoms. The van der Waals surface area contributed by atoms with Gasteiger partial charge in [0.15, 0.2) is 0 Å². The van der Waals surface area contributed by atoms with Crippen LogP contribution in [0.5, 0.6) is 0 Å². The van der Waals surface area contributed by atoms with Gasteiger partial charge in [-0.2, -0.15) is 0 Å². The van der Waals surface area contributed by atoms with Crippen molar-refractivity contribution in [1.29, 1.82) is 0 Å². The fraction of sp³-hybridized carbons (Fsp3) is 0.438. The molecule has 0 unspecified atom stereocenters. The van der Waals surface area contributed by atoms with Crippen LogP contribution in [0, 0.1) is 0 Å². The van der Waals surface area contributed by atoms with Crippen molar-refractivity contribution in [3.05, 3.63) is 36.0 Å². The predicted octanol–water partition coefficient (Wildman–Crippen LogP) is 2.78. The summed E-state index contributed by atoms with van der Waals surface area (Å²) < 4.78 is 2.09. The summed E-state index contributed by atoms with van der Waals surface area (Å²) in [5.74, 6) is 0.156. The number of rotatable bonds is 3. The van der Waals surface area contributed by atoms with E-state index in [9.17, 15) is 4.79 Å². The fourth-order valence-electron chi connectivity index (χ4n) is 3.09. The molecule has 3 heteroatoms. The molecule has 100 valence electrons. The van der Waals surface area contributed by atoms with Crippen molar-refractivity contribution in [2.75, 3.05) is 0 Å². The lowest BCUT2D eigenvalue weighted by atomic mass is 10.1. The molecule has 2 aromatic rings. The van der Waals surface area contributed by atoms with Gasteiger partial charge in [-0.3, -0.25) is 4.79 Å². The third-order valence-electron chi connectivity index (χ3n) is 4.05. The first-order valence-electron chi connectivity index (χ1n) is 7.06. The average molecular weight is 256 g/mol. The molecule has 0 saturated heterocycles. The highest BCUT2D eigenvalue weighted by atomic mass is 16.1. The summed E-state index contributed by atoms with van der Waals surface area (Å²) >= 11 is 0. The quantitative estimate of drug-likeness (QED) is 0.900. The van der Waals surface area contributed by atoms with E-state index in [4.69, 9.17) is 0 Å². The van der Waals surface area contributed by atoms with E-state index < -0.39 is 0 Å². The first-order valence-corrected chi connectivity index (χ1v) is 7.06. The van der Waals surface area contributed by atoms with Gasteiger partial charge >= 0.3 is 0 Å². The van der Waals surface area contributed by atoms with E-state index in [2.05, 4.69) is 28.2 Å². The molecule has 1 aliphatic carbocycles. The van der Waals surface area contributed by atoms with Gasteiger partial charge in [0.2, 0.25) is 5.91 Å². The molecular formula is C16H20N2O. The van der Waals surface area contributed by atoms with Crippen molar-refractivity contribution in [2.24, 2.45) is 7.05 Å². The van der Waals surface area contributed by atoms with Gasteiger partial charge in [-0.25, -0.2) is 0 Å². The summed E-state index contributed by atoms with van der Waals surface area (Å²) in [4.78, 5) is 12.1. The molecule has 0 atom stereocenters. The van der Waals surface area contributed by atoms with E-state index in [1.165, 1.54) is 23.7 Å². The first kappa shape index (κ1) is 12.3. The van der Waals surface area contributed by atoms with Gasteiger partial charge in [0.1, 0.15) is 0 Å². The topological polar surface area (TPSA) is 34.0 Å². The third-order valence-corrected chi connectivity index (χ3v) is 4.05. The molecule has 1 fully saturated rings. The van der Waals surface area contributed by atoms with E-state index in [1.807, 2.05) is 19.2 Å². The van der Waals surface area contributed by atoms with Gasteiger partial charge < -0.3 is 9.88 Å². The van der Waals surface area contributed by atoms with Crippen molar-refractivity contribution in [2.45, 2.75) is 38.1 Å². The lowest BCUT2D eigenvalue weighted by Crippen LogP contribution is -2.33. The summed E-state index contributed by atoms with van der Waals surface area (Å²) in [6.45, 7) is 0. The maximum absolute atomic E-state index is 12.1. The number of nitrogens with one attached hydrogen (secondary N) is 1. The Balaban J connectivity index is 1.75. The second kappa shape index (κ2) is 5.08. The van der Waals surface area contributed by atoms with Gasteiger partial charge in [-0.1, -0.05) is 31.0 Å². The zero-order valence-corrected chi connectivity index (χ0v) is 11.4. The minimum absolute atomic E-state index is 0.156. The van der Waals surface area contributed by atoms with Crippen LogP contribution in [-0.4, -0.2) is 16.5 Å². The molecule has 1 amide bonds. The smallest absolute Gasteiger partial charge is 0.224 e. The molecule has 0 radical (unpaired) electrons. The van der Waals surface area contributed by atoms with Crippen molar-refractivity contribution in [3.8, 4) is 0 Å². The normalized spacial score (nSPS) is 16.1. The van der Waals surface area contributed by atoms with Crippen LogP contribution >= 0.6 is 0 Å². The number of carbonyl (C=O) groups excluding carboxylic acids is 1. The molecular weight excluding hydrogens is 236 g/mol. The van der Waals surface area contributed by atoms with E-state index in [0.717, 1.165) is 18.4 Å². The zero-order valence-electron chi connectivity index (χ0n) is 11.4. The maximum Gasteiger partial charge on any atom is 0.224 e. The van der Waals surface area contributed by atoms with Crippen LogP contribution in [0.25, 0.3) is 10.9 Å². The monoisotopic (exact) mass is 256 g/mol. The number of carbonyl (C=O) groups is 1. The molecule has 19 heavy (non-hydrogen) atoms. The highest BCUT2D eigenvalue weighted by Crippen LogP contribution is 2.21. The number of aryl methyl sites for hydroxylation is 1. The zero-order chi connectivity index (χ0) is 13.2. The second-order valence-electron chi connectivity index (χ2n) is 5.51. The number of aromatic nitrogens is 1. The number of nitrogens with zero attached hydrogens (tertiary/aromatic N) is 1. The second-order valence-corrected chi connectivity index (χ2v) is 5.51. The van der Waals surface area contributed by atoms with Crippen LogP contribution < -0.4 is 5.32 Å². The van der Waals surface area contributed by atoms with Crippen LogP contribution in [-0.2, 0) is 18.3 Å². The molecule has 1 N–H and O–H groups in total. The van der Waals surface area contributed by atoms with E-state index in [0.29, 0.717) is 12.5 Å². The number of benzene rings is 1. The van der Waals surface area contributed by atoms with Crippen molar-refractivity contribution in [1.82, 2.24) is 9.88 Å². The molecule has 3 rings (SSSR count). The number of para-hydroxylation sites is 1. The summed E-state index contributed by atoms with van der Waals surface area (Å²) in [5.41, 5.74) is 2.31. The Morgan fingerprint density at radius 1 is 1.32 bits per heavy atom. The summed E-state index contributed by atoms with van der Waals surface area (Å²) in [6, 6.07) is 8.65. The number of hydrogen-bond acceptors (Lipinski definition) is 1. The fourth-order valence-corrected chi connectivity index (χ4v) is 3.09. The minimum atomic E-state index is 0.156. The highest BCUT2D eigenvalue weighted by molar-refractivity contribution is 5.89. The van der Waals surface area contributed by atoms with Gasteiger partial charge in [0, 0.05) is 30.2 Å². The van der Waals surface area contributed by atoms with E-state index in [-0.39, 0.29) is 5.91 Å². The van der Waals surface area contributed by atoms with Gasteiger partial charge in [-0.15, -0.1) is 0 Å². The number of amides is 1. The highest BCUT2D eigenvalue weighted by Gasteiger charge is 2.18. The maximum atomic E-state index is 12.1. The SMILES string of the molecule is Cn1cc(CC(=O)NC2CCCC2)c2ccccc21. The molecule has 1 aliphatic rings. The molecule has 1 heterocycles. The number of hydrogen-bond donors (Lipinski definition) is 1. The van der Waals surface area contributed by atoms with Gasteiger partial charge in [0.05, 0.1) is 6.42 Å². The third kappa shape index (κ3) is 2.50. The Morgan fingerprint density at radius 2 is 2.05 bits per heavy atom. The van der Waals surface area contributed by atoms with Gasteiger partial charge in [-0.05, 0) is 24.5 Å². The average Bonchev–Trinajstić information content (AvgIpc) is 3.00. The largest absolute Gasteiger partial charge is 0.353 e. The van der Waals surface area contributed by atoms with Crippen LogP contribution in [0.3, 0.4) is 0 Å². The van der Waals surface area contributed by atoms with Crippen molar-refractivity contribution >= 4 is 16.8 Å². The molecule has 1 saturated carbocycles. The molecule has 0 bridgehead atoms. The van der Waals surface area contributed by atoms with Crippen LogP contribution in [0.2, 0.25) is 0 Å². The summed E-state index contributed by atoms with van der Waals surface area (Å²) in [7, 11) is 2.03. The Kier molecular flexibility index (Phi) is 3.28. The Hall–Kier alpha value is -1.77. The van der Waals surface area contributed by atoms with Crippen molar-refractivity contribution in [3.63, 3.8) is 0 Å². The first-order chi connectivity index (χ1) is 9.24. The standard InChI is InChI=1S/C16H20N2O/c1-18-11-12(14-8-4-5-9-15(14)18)10-16(19)17-13-6-2-3-7-13/h4-5,8-9,11,13H,2-3,6-7,10H2,1H3,(H,17,19). The summed E-state index contributed by atoms with van der Waals surface area (Å²) in [6.07, 6.45) is 7.33. The van der Waals surface area contributed by atoms with Crippen LogP contribution in [0.15, 0.2) is 30.5 Å². The molecule has 1 aromatic heterocycles. The summed E-state index contributed by atoms with van der Waals surface area (Å²) in [5, 5.41) is 4.34. The minimum Gasteiger partial charge on any atom is -0.353 e. The lowest BCUT2D eigenvalue weighted by molar-refractivity contribution is -0.121. The molecule has 0 aliphatic heterocycles. The van der Waals surface area contributed by atoms with Crippen LogP contribution in [0.4, 0.5) is 0 Å². The van der Waals surface area contributed by atoms with Gasteiger partial charge in [0.25, 0.3) is 0 Å². The van der Waals surface area contributed by atoms with E-state index in [1.54, 1.807) is 0 Å². The molecule has 1 aromatic carbocycles. The predicted molar refractivity (Wildman–Crippen MR) is 77.0 cm³/mol. The Labute approximate surface area is 113 Å². The number of fused-ring (bicyclic) bond motifs is 1. The van der Waals surface area contributed by atoms with Crippen LogP contribution in [0.1, 0.15) is 31.2 Å². The lowest BCUT2D eigenvalue weighted by Gasteiger charge is -2.11. The molecule has 3 nitrogen and oxygen atoms in total. The Morgan fingerprint density at radius 3 is 2.84 bits per heavy atom. The Bertz CT molecular complexity index is 594. The van der Waals surface area contributed by atoms with E-state index >= 15 is 0 Å². The van der Waals surface area contributed by atoms with Crippen molar-refractivity contribution < 1.29 is 4.79 Å².